The number of aromatic amines is 1. The molecule has 29 heavy (non-hydrogen) atoms. The number of rotatable bonds is 4. The van der Waals surface area contributed by atoms with Crippen molar-refractivity contribution in [3.63, 3.8) is 0 Å². The molecule has 0 fully saturated rings. The first-order valence-corrected chi connectivity index (χ1v) is 9.34. The van der Waals surface area contributed by atoms with Crippen LogP contribution in [0.2, 0.25) is 0 Å². The lowest BCUT2D eigenvalue weighted by atomic mass is 10.0. The normalized spacial score (nSPS) is 10.7. The van der Waals surface area contributed by atoms with Gasteiger partial charge in [0.15, 0.2) is 0 Å². The fourth-order valence-corrected chi connectivity index (χ4v) is 3.47. The highest BCUT2D eigenvalue weighted by Crippen LogP contribution is 2.35. The maximum absolute atomic E-state index is 11.7. The van der Waals surface area contributed by atoms with E-state index in [1.54, 1.807) is 30.7 Å². The number of aryl methyl sites for hydroxylation is 1. The first kappa shape index (κ1) is 18.5. The highest BCUT2D eigenvalue weighted by Gasteiger charge is 2.16. The van der Waals surface area contributed by atoms with Crippen LogP contribution in [0, 0.1) is 6.92 Å². The lowest BCUT2D eigenvalue weighted by Crippen LogP contribution is -2.24. The van der Waals surface area contributed by atoms with Crippen molar-refractivity contribution in [2.45, 2.75) is 6.92 Å². The van der Waals surface area contributed by atoms with Crippen molar-refractivity contribution in [3.05, 3.63) is 52.3 Å². The van der Waals surface area contributed by atoms with Crippen molar-refractivity contribution in [1.29, 1.82) is 0 Å². The van der Waals surface area contributed by atoms with Crippen LogP contribution < -0.4 is 16.4 Å². The van der Waals surface area contributed by atoms with Crippen LogP contribution in [0.15, 0.2) is 45.3 Å². The molecule has 3 N–H and O–H groups in total. The molecule has 11 heteroatoms. The van der Waals surface area contributed by atoms with Gasteiger partial charge in [0.05, 0.1) is 5.56 Å². The van der Waals surface area contributed by atoms with E-state index in [1.165, 1.54) is 18.4 Å². The lowest BCUT2D eigenvalue weighted by Gasteiger charge is -2.11. The van der Waals surface area contributed by atoms with Crippen molar-refractivity contribution >= 4 is 23.2 Å². The number of hydrogen-bond donors (Lipinski definition) is 3. The summed E-state index contributed by atoms with van der Waals surface area (Å²) in [7, 11) is 1.53. The summed E-state index contributed by atoms with van der Waals surface area (Å²) in [6, 6.07) is 3.17. The number of thiazole rings is 1. The predicted octanol–water partition coefficient (Wildman–Crippen LogP) is 2.67. The number of pyridine rings is 2. The average Bonchev–Trinajstić information content (AvgIpc) is 3.36. The predicted molar refractivity (Wildman–Crippen MR) is 108 cm³/mol. The quantitative estimate of drug-likeness (QED) is 0.471. The van der Waals surface area contributed by atoms with E-state index >= 15 is 0 Å². The van der Waals surface area contributed by atoms with E-state index in [9.17, 15) is 9.59 Å². The van der Waals surface area contributed by atoms with E-state index in [-0.39, 0.29) is 11.9 Å². The van der Waals surface area contributed by atoms with Crippen molar-refractivity contribution in [1.82, 2.24) is 30.5 Å². The van der Waals surface area contributed by atoms with E-state index in [0.29, 0.717) is 11.4 Å². The molecular formula is C18H15N7O3S. The summed E-state index contributed by atoms with van der Waals surface area (Å²) in [4.78, 5) is 36.0. The van der Waals surface area contributed by atoms with Crippen molar-refractivity contribution in [2.75, 3.05) is 12.4 Å². The number of aromatic nitrogens is 5. The topological polar surface area (TPSA) is 139 Å². The third-order valence-electron chi connectivity index (χ3n) is 3.96. The van der Waals surface area contributed by atoms with Gasteiger partial charge in [0.2, 0.25) is 0 Å². The molecule has 0 spiro atoms. The van der Waals surface area contributed by atoms with E-state index in [1.807, 2.05) is 12.3 Å². The molecule has 4 aromatic rings. The number of carbonyl (C=O) groups is 1. The van der Waals surface area contributed by atoms with Gasteiger partial charge in [-0.1, -0.05) is 0 Å². The largest absolute Gasteiger partial charge is 0.434 e. The van der Waals surface area contributed by atoms with Gasteiger partial charge in [-0.3, -0.25) is 10.3 Å². The summed E-state index contributed by atoms with van der Waals surface area (Å²) in [5.74, 6) is -0.115. The van der Waals surface area contributed by atoms with Crippen LogP contribution >= 0.6 is 11.3 Å². The summed E-state index contributed by atoms with van der Waals surface area (Å²) in [6.45, 7) is 1.91. The Balaban J connectivity index is 1.82. The van der Waals surface area contributed by atoms with Gasteiger partial charge in [-0.25, -0.2) is 24.7 Å². The second-order valence-corrected chi connectivity index (χ2v) is 6.85. The zero-order chi connectivity index (χ0) is 20.4. The molecule has 4 rings (SSSR count). The fraction of sp³-hybridized carbons (Fsp3) is 0.111. The molecule has 0 unspecified atom stereocenters. The van der Waals surface area contributed by atoms with Gasteiger partial charge in [0, 0.05) is 53.4 Å². The number of amides is 2. The molecule has 0 saturated carbocycles. The molecular weight excluding hydrogens is 394 g/mol. The molecule has 0 saturated heterocycles. The molecule has 0 aliphatic carbocycles. The molecule has 0 aromatic carbocycles. The Kier molecular flexibility index (Phi) is 4.87. The zero-order valence-electron chi connectivity index (χ0n) is 15.4. The molecule has 0 aliphatic heterocycles. The van der Waals surface area contributed by atoms with Gasteiger partial charge in [-0.05, 0) is 19.1 Å². The Morgan fingerprint density at radius 3 is 2.69 bits per heavy atom. The molecule has 0 atom stereocenters. The molecule has 4 heterocycles. The van der Waals surface area contributed by atoms with Crippen LogP contribution in [0.25, 0.3) is 33.2 Å². The number of carbonyl (C=O) groups excluding carboxylic acids is 1. The molecule has 0 radical (unpaired) electrons. The Hall–Kier alpha value is -3.86. The van der Waals surface area contributed by atoms with E-state index in [2.05, 4.69) is 35.8 Å². The van der Waals surface area contributed by atoms with Crippen LogP contribution in [0.1, 0.15) is 5.69 Å². The molecule has 0 bridgehead atoms. The van der Waals surface area contributed by atoms with Gasteiger partial charge < -0.3 is 9.73 Å². The molecule has 4 aromatic heterocycles. The van der Waals surface area contributed by atoms with Crippen molar-refractivity contribution in [2.24, 2.45) is 0 Å². The Morgan fingerprint density at radius 2 is 2.00 bits per heavy atom. The minimum atomic E-state index is -0.643. The summed E-state index contributed by atoms with van der Waals surface area (Å²) in [6.07, 6.45) is 4.85. The highest BCUT2D eigenvalue weighted by atomic mass is 32.1. The maximum atomic E-state index is 11.7. The van der Waals surface area contributed by atoms with Crippen LogP contribution in [-0.4, -0.2) is 38.2 Å². The smallest absolute Gasteiger partial charge is 0.388 e. The van der Waals surface area contributed by atoms with Crippen molar-refractivity contribution < 1.29 is 9.21 Å². The van der Waals surface area contributed by atoms with Gasteiger partial charge in [0.1, 0.15) is 10.8 Å². The zero-order valence-corrected chi connectivity index (χ0v) is 16.2. The fourth-order valence-electron chi connectivity index (χ4n) is 2.64. The van der Waals surface area contributed by atoms with Crippen molar-refractivity contribution in [3.8, 4) is 33.2 Å². The monoisotopic (exact) mass is 409 g/mol. The second kappa shape index (κ2) is 7.64. The number of nitrogens with one attached hydrogen (secondary N) is 3. The number of urea groups is 1. The minimum Gasteiger partial charge on any atom is -0.388 e. The third-order valence-corrected chi connectivity index (χ3v) is 4.95. The van der Waals surface area contributed by atoms with Crippen LogP contribution in [0.5, 0.6) is 0 Å². The Morgan fingerprint density at radius 1 is 1.17 bits per heavy atom. The van der Waals surface area contributed by atoms with Crippen LogP contribution in [-0.2, 0) is 0 Å². The molecule has 10 nitrogen and oxygen atoms in total. The summed E-state index contributed by atoms with van der Waals surface area (Å²) < 4.78 is 5.01. The van der Waals surface area contributed by atoms with E-state index in [4.69, 9.17) is 4.42 Å². The van der Waals surface area contributed by atoms with Gasteiger partial charge in [-0.15, -0.1) is 16.4 Å². The second-order valence-electron chi connectivity index (χ2n) is 5.99. The first-order valence-electron chi connectivity index (χ1n) is 8.46. The standard InChI is InChI=1S/C18H15N7O3S/c1-9-8-29-16(22-9)12-4-14(23-17(26)19-2)21-7-13(12)10-3-11(6-20-5-10)15-24-25-18(27)28-15/h3-8H,1-2H3,(H,25,27)(H2,19,21,23,26). The van der Waals surface area contributed by atoms with Gasteiger partial charge >= 0.3 is 11.8 Å². The van der Waals surface area contributed by atoms with E-state index in [0.717, 1.165) is 27.4 Å². The lowest BCUT2D eigenvalue weighted by molar-refractivity contribution is 0.254. The minimum absolute atomic E-state index is 0.141. The maximum Gasteiger partial charge on any atom is 0.434 e. The van der Waals surface area contributed by atoms with Gasteiger partial charge in [-0.2, -0.15) is 0 Å². The summed E-state index contributed by atoms with van der Waals surface area (Å²) >= 11 is 1.48. The van der Waals surface area contributed by atoms with E-state index < -0.39 is 5.76 Å². The van der Waals surface area contributed by atoms with Crippen LogP contribution in [0.4, 0.5) is 10.6 Å². The molecule has 146 valence electrons. The SMILES string of the molecule is CNC(=O)Nc1cc(-c2nc(C)cs2)c(-c2cncc(-c3n[nH]c(=O)o3)c2)cn1. The Labute approximate surface area is 168 Å². The Bertz CT molecular complexity index is 1240. The third kappa shape index (κ3) is 3.89. The number of H-pyrrole nitrogens is 1. The highest BCUT2D eigenvalue weighted by molar-refractivity contribution is 7.13. The van der Waals surface area contributed by atoms with Gasteiger partial charge in [0.25, 0.3) is 5.89 Å². The summed E-state index contributed by atoms with van der Waals surface area (Å²) in [5, 5.41) is 13.9. The molecule has 2 amide bonds. The number of hydrogen-bond acceptors (Lipinski definition) is 8. The first-order chi connectivity index (χ1) is 14.0. The van der Waals surface area contributed by atoms with Crippen LogP contribution in [0.3, 0.4) is 0 Å². The average molecular weight is 409 g/mol. The number of nitrogens with zero attached hydrogens (tertiary/aromatic N) is 4. The molecule has 0 aliphatic rings. The number of anilines is 1. The summed E-state index contributed by atoms with van der Waals surface area (Å²) in [5.41, 5.74) is 3.70.